The van der Waals surface area contributed by atoms with Crippen molar-refractivity contribution in [2.75, 3.05) is 26.8 Å². The summed E-state index contributed by atoms with van der Waals surface area (Å²) in [4.78, 5) is 2.80. The van der Waals surface area contributed by atoms with Crippen LogP contribution in [0.1, 0.15) is 17.5 Å². The second-order valence-electron chi connectivity index (χ2n) is 4.46. The van der Waals surface area contributed by atoms with Gasteiger partial charge >= 0.3 is 0 Å². The van der Waals surface area contributed by atoms with Crippen LogP contribution in [0.4, 0.5) is 0 Å². The third-order valence-electron chi connectivity index (χ3n) is 2.90. The van der Waals surface area contributed by atoms with E-state index >= 15 is 0 Å². The van der Waals surface area contributed by atoms with Crippen LogP contribution in [0.3, 0.4) is 0 Å². The van der Waals surface area contributed by atoms with Crippen LogP contribution in [0.2, 0.25) is 0 Å². The van der Waals surface area contributed by atoms with Crippen molar-refractivity contribution in [3.05, 3.63) is 35.4 Å². The maximum atomic E-state index is 9.02. The van der Waals surface area contributed by atoms with Crippen molar-refractivity contribution in [2.45, 2.75) is 19.6 Å². The Morgan fingerprint density at radius 1 is 1.26 bits per heavy atom. The number of nitrogens with two attached hydrogens (primary N) is 1. The summed E-state index contributed by atoms with van der Waals surface area (Å²) in [6, 6.07) is 7.95. The van der Waals surface area contributed by atoms with Crippen LogP contribution in [-0.4, -0.2) is 41.8 Å². The van der Waals surface area contributed by atoms with E-state index in [1.54, 1.807) is 7.11 Å². The van der Waals surface area contributed by atoms with Gasteiger partial charge < -0.3 is 15.6 Å². The zero-order valence-corrected chi connectivity index (χ0v) is 12.2. The first-order valence-corrected chi connectivity index (χ1v) is 6.74. The Morgan fingerprint density at radius 3 is 2.42 bits per heavy atom. The quantitative estimate of drug-likeness (QED) is 0.669. The van der Waals surface area contributed by atoms with Crippen molar-refractivity contribution >= 4 is 17.2 Å². The van der Waals surface area contributed by atoms with Gasteiger partial charge in [-0.2, -0.15) is 0 Å². The molecule has 0 radical (unpaired) electrons. The molecule has 0 amide bonds. The molecule has 0 saturated heterocycles. The Bertz CT molecular complexity index is 382. The lowest BCUT2D eigenvalue weighted by molar-refractivity contribution is 0.146. The zero-order chi connectivity index (χ0) is 14.1. The van der Waals surface area contributed by atoms with Crippen LogP contribution >= 0.6 is 12.2 Å². The average Bonchev–Trinajstić information content (AvgIpc) is 2.42. The number of ether oxygens (including phenoxy) is 1. The van der Waals surface area contributed by atoms with Crippen molar-refractivity contribution in [3.63, 3.8) is 0 Å². The highest BCUT2D eigenvalue weighted by Crippen LogP contribution is 2.08. The van der Waals surface area contributed by atoms with Crippen molar-refractivity contribution < 1.29 is 9.84 Å². The molecule has 1 rings (SSSR count). The van der Waals surface area contributed by atoms with Gasteiger partial charge in [0.25, 0.3) is 0 Å². The maximum Gasteiger partial charge on any atom is 0.0740 e. The van der Waals surface area contributed by atoms with E-state index in [1.165, 1.54) is 5.56 Å². The van der Waals surface area contributed by atoms with Gasteiger partial charge in [0.1, 0.15) is 0 Å². The van der Waals surface area contributed by atoms with Crippen LogP contribution in [0.15, 0.2) is 24.3 Å². The summed E-state index contributed by atoms with van der Waals surface area (Å²) in [7, 11) is 1.70. The minimum absolute atomic E-state index is 0.0785. The molecule has 106 valence electrons. The van der Waals surface area contributed by atoms with Crippen LogP contribution in [-0.2, 0) is 17.9 Å². The molecule has 0 aliphatic carbocycles. The summed E-state index contributed by atoms with van der Waals surface area (Å²) >= 11 is 4.92. The van der Waals surface area contributed by atoms with E-state index in [-0.39, 0.29) is 6.61 Å². The molecule has 0 spiro atoms. The Morgan fingerprint density at radius 2 is 1.89 bits per heavy atom. The molecule has 1 aromatic rings. The van der Waals surface area contributed by atoms with Crippen molar-refractivity contribution in [3.8, 4) is 0 Å². The number of nitrogens with zero attached hydrogens (tertiary/aromatic N) is 1. The Labute approximate surface area is 120 Å². The van der Waals surface area contributed by atoms with E-state index in [9.17, 15) is 0 Å². The van der Waals surface area contributed by atoms with E-state index in [0.29, 0.717) is 18.0 Å². The number of rotatable bonds is 9. The summed E-state index contributed by atoms with van der Waals surface area (Å²) in [5.74, 6) is 0. The van der Waals surface area contributed by atoms with Gasteiger partial charge in [0.2, 0.25) is 0 Å². The first kappa shape index (κ1) is 16.0. The van der Waals surface area contributed by atoms with Gasteiger partial charge in [-0.3, -0.25) is 4.90 Å². The van der Waals surface area contributed by atoms with Gasteiger partial charge in [-0.1, -0.05) is 36.5 Å². The molecule has 0 aliphatic rings. The normalized spacial score (nSPS) is 10.9. The first-order valence-electron chi connectivity index (χ1n) is 6.34. The zero-order valence-electron chi connectivity index (χ0n) is 11.3. The molecule has 1 aromatic carbocycles. The minimum atomic E-state index is 0.0785. The second-order valence-corrected chi connectivity index (χ2v) is 4.98. The molecule has 0 heterocycles. The predicted octanol–water partition coefficient (Wildman–Crippen LogP) is 1.30. The second kappa shape index (κ2) is 8.98. The summed E-state index contributed by atoms with van der Waals surface area (Å²) < 4.78 is 5.11. The molecule has 0 aromatic heterocycles. The SMILES string of the molecule is COCCN(CCC(N)=S)Cc1ccc(CO)cc1. The Kier molecular flexibility index (Phi) is 7.59. The lowest BCUT2D eigenvalue weighted by Crippen LogP contribution is -2.30. The molecule has 19 heavy (non-hydrogen) atoms. The molecular formula is C14H22N2O2S. The molecule has 5 heteroatoms. The van der Waals surface area contributed by atoms with E-state index in [1.807, 2.05) is 24.3 Å². The topological polar surface area (TPSA) is 58.7 Å². The fraction of sp³-hybridized carbons (Fsp3) is 0.500. The molecule has 3 N–H and O–H groups in total. The number of thiocarbonyl (C=S) groups is 1. The maximum absolute atomic E-state index is 9.02. The molecule has 0 fully saturated rings. The van der Waals surface area contributed by atoms with Crippen molar-refractivity contribution in [1.82, 2.24) is 4.90 Å². The van der Waals surface area contributed by atoms with Crippen LogP contribution < -0.4 is 5.73 Å². The van der Waals surface area contributed by atoms with Gasteiger partial charge in [0.15, 0.2) is 0 Å². The molecular weight excluding hydrogens is 260 g/mol. The van der Waals surface area contributed by atoms with Gasteiger partial charge in [-0.15, -0.1) is 0 Å². The van der Waals surface area contributed by atoms with Gasteiger partial charge in [-0.25, -0.2) is 0 Å². The molecule has 0 bridgehead atoms. The van der Waals surface area contributed by atoms with Crippen LogP contribution in [0, 0.1) is 0 Å². The highest BCUT2D eigenvalue weighted by Gasteiger charge is 2.06. The number of methoxy groups -OCH3 is 1. The lowest BCUT2D eigenvalue weighted by atomic mass is 10.1. The third-order valence-corrected chi connectivity index (χ3v) is 3.10. The number of benzene rings is 1. The molecule has 0 aliphatic heterocycles. The average molecular weight is 282 g/mol. The van der Waals surface area contributed by atoms with E-state index in [4.69, 9.17) is 27.8 Å². The van der Waals surface area contributed by atoms with E-state index in [2.05, 4.69) is 4.90 Å². The Hall–Kier alpha value is -1.01. The molecule has 0 saturated carbocycles. The monoisotopic (exact) mass is 282 g/mol. The smallest absolute Gasteiger partial charge is 0.0740 e. The van der Waals surface area contributed by atoms with Gasteiger partial charge in [0.05, 0.1) is 18.2 Å². The fourth-order valence-corrected chi connectivity index (χ4v) is 1.86. The number of hydrogen-bond donors (Lipinski definition) is 2. The van der Waals surface area contributed by atoms with E-state index in [0.717, 1.165) is 25.2 Å². The summed E-state index contributed by atoms with van der Waals surface area (Å²) in [6.07, 6.45) is 0.716. The van der Waals surface area contributed by atoms with Crippen LogP contribution in [0.25, 0.3) is 0 Å². The molecule has 0 atom stereocenters. The predicted molar refractivity (Wildman–Crippen MR) is 80.9 cm³/mol. The van der Waals surface area contributed by atoms with Gasteiger partial charge in [-0.05, 0) is 11.1 Å². The fourth-order valence-electron chi connectivity index (χ4n) is 1.77. The van der Waals surface area contributed by atoms with Crippen LogP contribution in [0.5, 0.6) is 0 Å². The highest BCUT2D eigenvalue weighted by atomic mass is 32.1. The summed E-state index contributed by atoms with van der Waals surface area (Å²) in [5.41, 5.74) is 7.68. The molecule has 0 unspecified atom stereocenters. The summed E-state index contributed by atoms with van der Waals surface area (Å²) in [5, 5.41) is 9.02. The van der Waals surface area contributed by atoms with Crippen molar-refractivity contribution in [1.29, 1.82) is 0 Å². The standard InChI is InChI=1S/C14H22N2O2S/c1-18-9-8-16(7-6-14(15)19)10-12-2-4-13(11-17)5-3-12/h2-5,17H,6-11H2,1H3,(H2,15,19). The largest absolute Gasteiger partial charge is 0.393 e. The lowest BCUT2D eigenvalue weighted by Gasteiger charge is -2.21. The number of aliphatic hydroxyl groups excluding tert-OH is 1. The highest BCUT2D eigenvalue weighted by molar-refractivity contribution is 7.80. The third kappa shape index (κ3) is 6.63. The number of hydrogen-bond acceptors (Lipinski definition) is 4. The number of aliphatic hydroxyl groups is 1. The molecule has 4 nitrogen and oxygen atoms in total. The summed E-state index contributed by atoms with van der Waals surface area (Å²) in [6.45, 7) is 3.28. The minimum Gasteiger partial charge on any atom is -0.393 e. The Balaban J connectivity index is 2.55. The van der Waals surface area contributed by atoms with Crippen molar-refractivity contribution in [2.24, 2.45) is 5.73 Å². The first-order chi connectivity index (χ1) is 9.15. The van der Waals surface area contributed by atoms with Gasteiger partial charge in [0, 0.05) is 33.2 Å². The van der Waals surface area contributed by atoms with E-state index < -0.39 is 0 Å².